The van der Waals surface area contributed by atoms with E-state index in [1.807, 2.05) is 36.7 Å². The molecule has 2 unspecified atom stereocenters. The highest BCUT2D eigenvalue weighted by Crippen LogP contribution is 2.21. The van der Waals surface area contributed by atoms with Crippen molar-refractivity contribution in [3.63, 3.8) is 0 Å². The minimum absolute atomic E-state index is 0.111. The van der Waals surface area contributed by atoms with Crippen LogP contribution in [0.1, 0.15) is 103 Å². The Balaban J connectivity index is 1.66. The molecule has 2 rings (SSSR count). The zero-order chi connectivity index (χ0) is 23.7. The molecule has 0 aliphatic heterocycles. The second-order valence-corrected chi connectivity index (χ2v) is 9.52. The van der Waals surface area contributed by atoms with Crippen molar-refractivity contribution < 1.29 is 9.13 Å². The third-order valence-electron chi connectivity index (χ3n) is 6.49. The first-order valence-electron chi connectivity index (χ1n) is 13.3. The summed E-state index contributed by atoms with van der Waals surface area (Å²) in [5.41, 5.74) is 2.15. The van der Waals surface area contributed by atoms with Crippen molar-refractivity contribution in [3.8, 4) is 17.1 Å². The maximum atomic E-state index is 14.0. The van der Waals surface area contributed by atoms with E-state index in [9.17, 15) is 4.39 Å². The van der Waals surface area contributed by atoms with E-state index in [-0.39, 0.29) is 6.61 Å². The lowest BCUT2D eigenvalue weighted by molar-refractivity contribution is 0.179. The minimum Gasteiger partial charge on any atom is -0.491 e. The zero-order valence-electron chi connectivity index (χ0n) is 21.2. The van der Waals surface area contributed by atoms with Crippen LogP contribution in [-0.2, 0) is 6.42 Å². The summed E-state index contributed by atoms with van der Waals surface area (Å²) in [7, 11) is 0. The predicted molar refractivity (Wildman–Crippen MR) is 137 cm³/mol. The average Bonchev–Trinajstić information content (AvgIpc) is 2.85. The Kier molecular flexibility index (Phi) is 13.7. The van der Waals surface area contributed by atoms with Crippen LogP contribution in [0.3, 0.4) is 0 Å². The first kappa shape index (κ1) is 27.3. The second kappa shape index (κ2) is 16.6. The normalized spacial score (nSPS) is 13.1. The monoisotopic (exact) mass is 456 g/mol. The topological polar surface area (TPSA) is 35.0 Å². The van der Waals surface area contributed by atoms with Gasteiger partial charge in [0.1, 0.15) is 18.5 Å². The van der Waals surface area contributed by atoms with Crippen LogP contribution >= 0.6 is 0 Å². The van der Waals surface area contributed by atoms with Crippen LogP contribution in [0, 0.1) is 5.92 Å². The molecule has 2 atom stereocenters. The standard InChI is InChI=1S/C29H45FN2O/c1-4-6-7-8-9-10-11-12-13-14-25-21-31-29(32-22-25)26-16-19-28(20-17-26)33-23-27(30)18-15-24(3)5-2/h16-17,19-22,24,27H,4-15,18,23H2,1-3H3. The van der Waals surface area contributed by atoms with Crippen molar-refractivity contribution in [1.82, 2.24) is 9.97 Å². The smallest absolute Gasteiger partial charge is 0.159 e. The highest BCUT2D eigenvalue weighted by molar-refractivity contribution is 5.55. The Hall–Kier alpha value is -1.97. The number of alkyl halides is 1. The third kappa shape index (κ3) is 11.6. The van der Waals surface area contributed by atoms with E-state index < -0.39 is 6.17 Å². The lowest BCUT2D eigenvalue weighted by Gasteiger charge is -2.13. The molecule has 184 valence electrons. The van der Waals surface area contributed by atoms with Crippen LogP contribution in [0.5, 0.6) is 5.75 Å². The number of halogens is 1. The SMILES string of the molecule is CCCCCCCCCCCc1cnc(-c2ccc(OCC(F)CCC(C)CC)cc2)nc1. The summed E-state index contributed by atoms with van der Waals surface area (Å²) >= 11 is 0. The van der Waals surface area contributed by atoms with Gasteiger partial charge in [0, 0.05) is 18.0 Å². The highest BCUT2D eigenvalue weighted by Gasteiger charge is 2.10. The molecule has 1 aromatic heterocycles. The van der Waals surface area contributed by atoms with E-state index in [1.165, 1.54) is 63.4 Å². The molecule has 0 radical (unpaired) electrons. The van der Waals surface area contributed by atoms with Gasteiger partial charge in [-0.1, -0.05) is 78.6 Å². The molecular weight excluding hydrogens is 411 g/mol. The number of unbranched alkanes of at least 4 members (excludes halogenated alkanes) is 8. The maximum absolute atomic E-state index is 14.0. The van der Waals surface area contributed by atoms with Gasteiger partial charge in [0.05, 0.1) is 0 Å². The molecule has 1 heterocycles. The summed E-state index contributed by atoms with van der Waals surface area (Å²) in [6.07, 6.45) is 18.7. The quantitative estimate of drug-likeness (QED) is 0.210. The number of aromatic nitrogens is 2. The van der Waals surface area contributed by atoms with Gasteiger partial charge in [-0.25, -0.2) is 14.4 Å². The fourth-order valence-electron chi connectivity index (χ4n) is 3.91. The molecule has 0 saturated heterocycles. The van der Waals surface area contributed by atoms with Gasteiger partial charge in [0.2, 0.25) is 0 Å². The Morgan fingerprint density at radius 2 is 1.42 bits per heavy atom. The zero-order valence-corrected chi connectivity index (χ0v) is 21.2. The molecule has 33 heavy (non-hydrogen) atoms. The molecule has 0 amide bonds. The van der Waals surface area contributed by atoms with Gasteiger partial charge >= 0.3 is 0 Å². The minimum atomic E-state index is -0.916. The van der Waals surface area contributed by atoms with Crippen molar-refractivity contribution in [2.24, 2.45) is 5.92 Å². The molecule has 0 spiro atoms. The highest BCUT2D eigenvalue weighted by atomic mass is 19.1. The van der Waals surface area contributed by atoms with E-state index in [0.29, 0.717) is 23.9 Å². The molecule has 0 N–H and O–H groups in total. The molecule has 4 heteroatoms. The second-order valence-electron chi connectivity index (χ2n) is 9.52. The summed E-state index contributed by atoms with van der Waals surface area (Å²) in [5.74, 6) is 1.97. The van der Waals surface area contributed by atoms with Crippen LogP contribution in [0.2, 0.25) is 0 Å². The van der Waals surface area contributed by atoms with Gasteiger partial charge in [-0.05, 0) is 61.4 Å². The average molecular weight is 457 g/mol. The molecule has 0 aliphatic rings. The van der Waals surface area contributed by atoms with E-state index in [4.69, 9.17) is 4.74 Å². The maximum Gasteiger partial charge on any atom is 0.159 e. The fraction of sp³-hybridized carbons (Fsp3) is 0.655. The number of hydrogen-bond donors (Lipinski definition) is 0. The molecule has 0 bridgehead atoms. The van der Waals surface area contributed by atoms with Crippen LogP contribution in [0.15, 0.2) is 36.7 Å². The van der Waals surface area contributed by atoms with E-state index in [1.54, 1.807) is 0 Å². The lowest BCUT2D eigenvalue weighted by Crippen LogP contribution is -2.14. The number of nitrogens with zero attached hydrogens (tertiary/aromatic N) is 2. The molecule has 3 nitrogen and oxygen atoms in total. The number of rotatable bonds is 18. The lowest BCUT2D eigenvalue weighted by atomic mass is 10.0. The van der Waals surface area contributed by atoms with Gasteiger partial charge in [-0.15, -0.1) is 0 Å². The van der Waals surface area contributed by atoms with Crippen molar-refractivity contribution in [2.45, 2.75) is 110 Å². The van der Waals surface area contributed by atoms with Crippen LogP contribution in [0.4, 0.5) is 4.39 Å². The van der Waals surface area contributed by atoms with E-state index in [2.05, 4.69) is 30.7 Å². The van der Waals surface area contributed by atoms with Gasteiger partial charge in [0.25, 0.3) is 0 Å². The van der Waals surface area contributed by atoms with Gasteiger partial charge in [-0.2, -0.15) is 0 Å². The van der Waals surface area contributed by atoms with Crippen LogP contribution < -0.4 is 4.74 Å². The predicted octanol–water partition coefficient (Wildman–Crippen LogP) is 8.76. The summed E-state index contributed by atoms with van der Waals surface area (Å²) in [6, 6.07) is 7.63. The van der Waals surface area contributed by atoms with E-state index >= 15 is 0 Å². The first-order chi connectivity index (χ1) is 16.1. The van der Waals surface area contributed by atoms with Gasteiger partial charge in [-0.3, -0.25) is 0 Å². The fourth-order valence-corrected chi connectivity index (χ4v) is 3.91. The largest absolute Gasteiger partial charge is 0.491 e. The summed E-state index contributed by atoms with van der Waals surface area (Å²) in [4.78, 5) is 9.09. The van der Waals surface area contributed by atoms with Gasteiger partial charge in [0.15, 0.2) is 5.82 Å². The van der Waals surface area contributed by atoms with E-state index in [0.717, 1.165) is 24.8 Å². The Morgan fingerprint density at radius 1 is 0.818 bits per heavy atom. The van der Waals surface area contributed by atoms with Gasteiger partial charge < -0.3 is 4.74 Å². The van der Waals surface area contributed by atoms with Crippen LogP contribution in [0.25, 0.3) is 11.4 Å². The Bertz CT molecular complexity index is 732. The molecule has 1 aromatic carbocycles. The molecule has 0 aliphatic carbocycles. The summed E-state index contributed by atoms with van der Waals surface area (Å²) in [5, 5.41) is 0. The third-order valence-corrected chi connectivity index (χ3v) is 6.49. The summed E-state index contributed by atoms with van der Waals surface area (Å²) in [6.45, 7) is 6.69. The van der Waals surface area contributed by atoms with Crippen molar-refractivity contribution in [1.29, 1.82) is 0 Å². The summed E-state index contributed by atoms with van der Waals surface area (Å²) < 4.78 is 19.7. The number of hydrogen-bond acceptors (Lipinski definition) is 3. The number of benzene rings is 1. The number of ether oxygens (including phenoxy) is 1. The Morgan fingerprint density at radius 3 is 2.03 bits per heavy atom. The first-order valence-corrected chi connectivity index (χ1v) is 13.3. The molecule has 2 aromatic rings. The van der Waals surface area contributed by atoms with Crippen molar-refractivity contribution in [3.05, 3.63) is 42.2 Å². The van der Waals surface area contributed by atoms with Crippen molar-refractivity contribution in [2.75, 3.05) is 6.61 Å². The Labute approximate surface area is 201 Å². The molecular formula is C29H45FN2O. The van der Waals surface area contributed by atoms with Crippen LogP contribution in [-0.4, -0.2) is 22.7 Å². The van der Waals surface area contributed by atoms with Crippen molar-refractivity contribution >= 4 is 0 Å². The molecule has 0 fully saturated rings. The number of aryl methyl sites for hydroxylation is 1. The molecule has 0 saturated carbocycles.